The van der Waals surface area contributed by atoms with Crippen LogP contribution in [-0.4, -0.2) is 27.0 Å². The average molecular weight is 275 g/mol. The number of thiophene rings is 1. The smallest absolute Gasteiger partial charge is 0.246 e. The highest BCUT2D eigenvalue weighted by molar-refractivity contribution is 7.08. The Hall–Kier alpha value is -2.15. The molecule has 0 saturated heterocycles. The number of aromatic nitrogens is 4. The van der Waals surface area contributed by atoms with E-state index in [1.54, 1.807) is 16.0 Å². The third-order valence-electron chi connectivity index (χ3n) is 2.71. The molecule has 0 unspecified atom stereocenters. The second kappa shape index (κ2) is 4.85. The Kier molecular flexibility index (Phi) is 3.04. The fourth-order valence-electron chi connectivity index (χ4n) is 1.72. The molecule has 7 heteroatoms. The van der Waals surface area contributed by atoms with Crippen LogP contribution in [0, 0.1) is 0 Å². The third kappa shape index (κ3) is 2.50. The molecule has 0 N–H and O–H groups in total. The molecule has 0 spiro atoms. The van der Waals surface area contributed by atoms with Gasteiger partial charge < -0.3 is 9.42 Å². The van der Waals surface area contributed by atoms with Gasteiger partial charge in [0.1, 0.15) is 0 Å². The summed E-state index contributed by atoms with van der Waals surface area (Å²) in [5, 5.41) is 12.3. The molecule has 3 aromatic rings. The van der Waals surface area contributed by atoms with E-state index in [2.05, 4.69) is 15.2 Å². The number of hydrogen-bond donors (Lipinski definition) is 0. The zero-order valence-corrected chi connectivity index (χ0v) is 11.5. The van der Waals surface area contributed by atoms with Gasteiger partial charge in [-0.25, -0.2) is 0 Å². The highest BCUT2D eigenvalue weighted by atomic mass is 32.1. The van der Waals surface area contributed by atoms with Crippen LogP contribution in [0.15, 0.2) is 33.6 Å². The summed E-state index contributed by atoms with van der Waals surface area (Å²) in [6, 6.07) is 3.91. The summed E-state index contributed by atoms with van der Waals surface area (Å²) in [5.74, 6) is 2.08. The van der Waals surface area contributed by atoms with Crippen molar-refractivity contribution in [3.8, 4) is 11.4 Å². The van der Waals surface area contributed by atoms with Crippen LogP contribution >= 0.6 is 11.3 Å². The van der Waals surface area contributed by atoms with Crippen molar-refractivity contribution >= 4 is 17.2 Å². The van der Waals surface area contributed by atoms with Crippen molar-refractivity contribution in [3.05, 3.63) is 35.0 Å². The van der Waals surface area contributed by atoms with Crippen molar-refractivity contribution in [1.82, 2.24) is 19.9 Å². The Morgan fingerprint density at radius 2 is 2.32 bits per heavy atom. The normalized spacial score (nSPS) is 10.8. The molecular weight excluding hydrogens is 262 g/mol. The van der Waals surface area contributed by atoms with Gasteiger partial charge in [0.15, 0.2) is 5.82 Å². The van der Waals surface area contributed by atoms with Crippen LogP contribution in [0.25, 0.3) is 11.4 Å². The fourth-order valence-corrected chi connectivity index (χ4v) is 2.35. The molecule has 19 heavy (non-hydrogen) atoms. The van der Waals surface area contributed by atoms with Crippen LogP contribution < -0.4 is 4.90 Å². The third-order valence-corrected chi connectivity index (χ3v) is 3.39. The van der Waals surface area contributed by atoms with E-state index in [-0.39, 0.29) is 0 Å². The maximum Gasteiger partial charge on any atom is 0.246 e. The number of rotatable bonds is 4. The number of hydrogen-bond acceptors (Lipinski definition) is 6. The summed E-state index contributed by atoms with van der Waals surface area (Å²) in [7, 11) is 3.83. The molecular formula is C12H13N5OS. The van der Waals surface area contributed by atoms with Crippen molar-refractivity contribution < 1.29 is 4.52 Å². The lowest BCUT2D eigenvalue weighted by Crippen LogP contribution is -2.17. The first-order chi connectivity index (χ1) is 9.22. The van der Waals surface area contributed by atoms with E-state index < -0.39 is 0 Å². The van der Waals surface area contributed by atoms with Gasteiger partial charge in [-0.1, -0.05) is 5.16 Å². The van der Waals surface area contributed by atoms with Crippen LogP contribution in [0.5, 0.6) is 0 Å². The minimum Gasteiger partial charge on any atom is -0.349 e. The predicted molar refractivity (Wildman–Crippen MR) is 72.9 cm³/mol. The minimum atomic E-state index is 0.536. The lowest BCUT2D eigenvalue weighted by Gasteiger charge is -2.12. The Bertz CT molecular complexity index is 657. The molecule has 0 aliphatic rings. The molecule has 0 aromatic carbocycles. The van der Waals surface area contributed by atoms with Crippen LogP contribution in [0.3, 0.4) is 0 Å². The van der Waals surface area contributed by atoms with Gasteiger partial charge in [0.05, 0.1) is 6.54 Å². The predicted octanol–water partition coefficient (Wildman–Crippen LogP) is 2.17. The summed E-state index contributed by atoms with van der Waals surface area (Å²) in [6.07, 6.45) is 1.90. The van der Waals surface area contributed by atoms with E-state index in [0.29, 0.717) is 18.3 Å². The van der Waals surface area contributed by atoms with Gasteiger partial charge in [-0.3, -0.25) is 4.68 Å². The molecule has 0 bridgehead atoms. The first kappa shape index (κ1) is 11.9. The largest absolute Gasteiger partial charge is 0.349 e. The van der Waals surface area contributed by atoms with Crippen LogP contribution in [0.4, 0.5) is 5.82 Å². The zero-order chi connectivity index (χ0) is 13.2. The molecule has 0 radical (unpaired) electrons. The second-order valence-electron chi connectivity index (χ2n) is 4.23. The Morgan fingerprint density at radius 1 is 1.42 bits per heavy atom. The molecule has 0 amide bonds. The molecule has 3 rings (SSSR count). The summed E-state index contributed by atoms with van der Waals surface area (Å²) in [5.41, 5.74) is 0.987. The van der Waals surface area contributed by atoms with Gasteiger partial charge in [0.25, 0.3) is 0 Å². The van der Waals surface area contributed by atoms with E-state index in [1.807, 2.05) is 48.1 Å². The molecule has 0 atom stereocenters. The number of anilines is 1. The Morgan fingerprint density at radius 3 is 3.00 bits per heavy atom. The standard InChI is InChI=1S/C12H13N5OS/c1-16(10-3-5-17(2)14-10)7-11-13-12(15-18-11)9-4-6-19-8-9/h3-6,8H,7H2,1-2H3. The Balaban J connectivity index is 1.74. The SMILES string of the molecule is CN(Cc1nc(-c2ccsc2)no1)c1ccn(C)n1. The van der Waals surface area contributed by atoms with E-state index in [4.69, 9.17) is 4.52 Å². The van der Waals surface area contributed by atoms with Gasteiger partial charge in [-0.15, -0.1) is 0 Å². The van der Waals surface area contributed by atoms with Gasteiger partial charge in [0, 0.05) is 37.3 Å². The lowest BCUT2D eigenvalue weighted by molar-refractivity contribution is 0.378. The maximum absolute atomic E-state index is 5.25. The van der Waals surface area contributed by atoms with Crippen molar-refractivity contribution in [1.29, 1.82) is 0 Å². The van der Waals surface area contributed by atoms with Crippen molar-refractivity contribution in [2.24, 2.45) is 7.05 Å². The monoisotopic (exact) mass is 275 g/mol. The van der Waals surface area contributed by atoms with E-state index in [1.165, 1.54) is 0 Å². The number of nitrogens with zero attached hydrogens (tertiary/aromatic N) is 5. The van der Waals surface area contributed by atoms with Gasteiger partial charge in [-0.05, 0) is 11.4 Å². The molecule has 98 valence electrons. The van der Waals surface area contributed by atoms with Crippen LogP contribution in [0.2, 0.25) is 0 Å². The molecule has 0 saturated carbocycles. The zero-order valence-electron chi connectivity index (χ0n) is 10.6. The Labute approximate surface area is 114 Å². The summed E-state index contributed by atoms with van der Waals surface area (Å²) >= 11 is 1.61. The molecule has 0 aliphatic carbocycles. The molecule has 0 fully saturated rings. The van der Waals surface area contributed by atoms with Crippen molar-refractivity contribution in [2.45, 2.75) is 6.54 Å². The average Bonchev–Trinajstić information content (AvgIpc) is 3.07. The van der Waals surface area contributed by atoms with Crippen LogP contribution in [-0.2, 0) is 13.6 Å². The lowest BCUT2D eigenvalue weighted by atomic mass is 10.3. The fraction of sp³-hybridized carbons (Fsp3) is 0.250. The highest BCUT2D eigenvalue weighted by Crippen LogP contribution is 2.19. The molecule has 3 aromatic heterocycles. The first-order valence-corrected chi connectivity index (χ1v) is 6.72. The van der Waals surface area contributed by atoms with Crippen molar-refractivity contribution in [3.63, 3.8) is 0 Å². The topological polar surface area (TPSA) is 60.0 Å². The van der Waals surface area contributed by atoms with Gasteiger partial charge in [0.2, 0.25) is 11.7 Å². The quantitative estimate of drug-likeness (QED) is 0.730. The molecule has 3 heterocycles. The molecule has 6 nitrogen and oxygen atoms in total. The van der Waals surface area contributed by atoms with Gasteiger partial charge in [-0.2, -0.15) is 21.4 Å². The van der Waals surface area contributed by atoms with Crippen molar-refractivity contribution in [2.75, 3.05) is 11.9 Å². The number of aryl methyl sites for hydroxylation is 1. The van der Waals surface area contributed by atoms with Gasteiger partial charge >= 0.3 is 0 Å². The molecule has 0 aliphatic heterocycles. The maximum atomic E-state index is 5.25. The second-order valence-corrected chi connectivity index (χ2v) is 5.01. The highest BCUT2D eigenvalue weighted by Gasteiger charge is 2.12. The van der Waals surface area contributed by atoms with E-state index in [9.17, 15) is 0 Å². The minimum absolute atomic E-state index is 0.536. The van der Waals surface area contributed by atoms with E-state index >= 15 is 0 Å². The van der Waals surface area contributed by atoms with E-state index in [0.717, 1.165) is 11.4 Å². The summed E-state index contributed by atoms with van der Waals surface area (Å²) in [6.45, 7) is 0.536. The summed E-state index contributed by atoms with van der Waals surface area (Å²) in [4.78, 5) is 6.34. The summed E-state index contributed by atoms with van der Waals surface area (Å²) < 4.78 is 7.02. The first-order valence-electron chi connectivity index (χ1n) is 5.78. The van der Waals surface area contributed by atoms with Crippen LogP contribution in [0.1, 0.15) is 5.89 Å².